The molecule has 4 aromatic rings. The number of methoxy groups -OCH3 is 1. The van der Waals surface area contributed by atoms with Gasteiger partial charge in [-0.1, -0.05) is 53.5 Å². The fourth-order valence-corrected chi connectivity index (χ4v) is 8.67. The zero-order valence-corrected chi connectivity index (χ0v) is 31.4. The molecule has 8 rings (SSSR count). The zero-order valence-electron chi connectivity index (χ0n) is 29.9. The van der Waals surface area contributed by atoms with Crippen molar-refractivity contribution in [2.24, 2.45) is 5.92 Å². The number of aromatic carboxylic acids is 1. The number of carboxylic acid groups (broad SMARTS) is 1. The number of hydrogen-bond acceptors (Lipinski definition) is 7. The van der Waals surface area contributed by atoms with E-state index in [1.54, 1.807) is 37.4 Å². The van der Waals surface area contributed by atoms with Gasteiger partial charge in [-0.15, -0.1) is 0 Å². The largest absolute Gasteiger partial charge is 0.493 e. The van der Waals surface area contributed by atoms with Crippen LogP contribution >= 0.6 is 23.2 Å². The molecule has 0 spiro atoms. The Hall–Kier alpha value is -4.58. The van der Waals surface area contributed by atoms with Crippen LogP contribution in [0.4, 0.5) is 14.9 Å². The van der Waals surface area contributed by atoms with E-state index in [2.05, 4.69) is 4.90 Å². The van der Waals surface area contributed by atoms with Gasteiger partial charge in [-0.3, -0.25) is 15.0 Å². The van der Waals surface area contributed by atoms with Crippen molar-refractivity contribution >= 4 is 41.0 Å². The summed E-state index contributed by atoms with van der Waals surface area (Å²) in [5.41, 5.74) is 2.20. The molecule has 3 aliphatic heterocycles. The number of nitrogens with zero attached hydrogens (tertiary/aromatic N) is 3. The van der Waals surface area contributed by atoms with Crippen LogP contribution in [0.1, 0.15) is 77.1 Å². The van der Waals surface area contributed by atoms with E-state index < -0.39 is 23.8 Å². The third-order valence-electron chi connectivity index (χ3n) is 10.9. The molecule has 284 valence electrons. The number of fused-ring (bicyclic) bond motifs is 3. The number of pyridine rings is 1. The van der Waals surface area contributed by atoms with Crippen LogP contribution in [0, 0.1) is 11.7 Å². The number of rotatable bonds is 12. The molecule has 3 saturated heterocycles. The summed E-state index contributed by atoms with van der Waals surface area (Å²) in [6.45, 7) is 2.47. The first-order valence-electron chi connectivity index (χ1n) is 18.3. The molecule has 13 heteroatoms. The lowest BCUT2D eigenvalue weighted by Crippen LogP contribution is -2.53. The number of carbonyl (C=O) groups excluding carboxylic acids is 1. The summed E-state index contributed by atoms with van der Waals surface area (Å²) in [5.74, 6) is -1.11. The third kappa shape index (κ3) is 8.23. The van der Waals surface area contributed by atoms with Crippen LogP contribution < -0.4 is 19.1 Å². The molecular weight excluding hydrogens is 736 g/mol. The highest BCUT2D eigenvalue weighted by Gasteiger charge is 2.38. The number of halogens is 3. The van der Waals surface area contributed by atoms with Crippen molar-refractivity contribution in [1.82, 2.24) is 4.90 Å². The van der Waals surface area contributed by atoms with Crippen molar-refractivity contribution in [3.8, 4) is 11.5 Å². The molecule has 54 heavy (non-hydrogen) atoms. The molecule has 1 aromatic heterocycles. The Kier molecular flexibility index (Phi) is 11.5. The number of para-hydroxylation sites is 1. The van der Waals surface area contributed by atoms with Gasteiger partial charge in [0.05, 0.1) is 31.0 Å². The van der Waals surface area contributed by atoms with Gasteiger partial charge in [0.1, 0.15) is 22.0 Å². The highest BCUT2D eigenvalue weighted by molar-refractivity contribution is 6.35. The molecule has 4 fully saturated rings. The number of benzene rings is 3. The molecule has 10 nitrogen and oxygen atoms in total. The van der Waals surface area contributed by atoms with Crippen LogP contribution in [0.2, 0.25) is 10.0 Å². The van der Waals surface area contributed by atoms with Gasteiger partial charge in [-0.25, -0.2) is 14.0 Å². The van der Waals surface area contributed by atoms with Crippen molar-refractivity contribution < 1.29 is 43.2 Å². The van der Waals surface area contributed by atoms with Crippen LogP contribution in [0.25, 0.3) is 0 Å². The standard InChI is InChI=1S/C41H42Cl2FN3O7/c1-52-37-13-11-27(19-38(37)53-28-6-2-3-7-28)30(20-32-33(42)22-46(51)23-34(32)43)31-18-25(10-12-29(31)40(48)49)21-47(36-9-5-4-8-35(36)44)41(50)54-39-24-45-16-14-26(39)15-17-45/h4-5,8-13,18-19,22-23,26,28,30,39H,2-3,6-7,14-17,20-21,24H2,1H3,(H-,48,49,51)/p+1/t30-,39+/m1/s1. The van der Waals surface area contributed by atoms with Crippen LogP contribution in [0.3, 0.4) is 0 Å². The summed E-state index contributed by atoms with van der Waals surface area (Å²) in [7, 11) is 1.57. The molecule has 4 aliphatic rings. The minimum Gasteiger partial charge on any atom is -0.493 e. The molecular formula is C41H43Cl2FN3O7+. The number of carboxylic acids is 1. The fraction of sp³-hybridized carbons (Fsp3) is 0.390. The SMILES string of the molecule is COc1ccc([C@@H](Cc2c(Cl)c[n+](O)cc2Cl)c2cc(CN(C(=O)O[C@H]3CN4CCC3CC4)c3ccccc3F)ccc2C(=O)O)cc1OC1CCCC1. The Morgan fingerprint density at radius 3 is 2.35 bits per heavy atom. The van der Waals surface area contributed by atoms with Gasteiger partial charge in [0.25, 0.3) is 0 Å². The van der Waals surface area contributed by atoms with Gasteiger partial charge in [0, 0.05) is 22.8 Å². The minimum absolute atomic E-state index is 0.0190. The summed E-state index contributed by atoms with van der Waals surface area (Å²) in [4.78, 5) is 30.4. The number of piperidine rings is 3. The molecule has 1 saturated carbocycles. The predicted octanol–water partition coefficient (Wildman–Crippen LogP) is 8.30. The minimum atomic E-state index is -1.16. The van der Waals surface area contributed by atoms with Crippen molar-refractivity contribution in [2.75, 3.05) is 31.6 Å². The number of hydrogen-bond donors (Lipinski definition) is 2. The van der Waals surface area contributed by atoms with Crippen LogP contribution in [0.5, 0.6) is 11.5 Å². The van der Waals surface area contributed by atoms with Gasteiger partial charge in [0.2, 0.25) is 12.4 Å². The van der Waals surface area contributed by atoms with E-state index in [0.717, 1.165) is 56.3 Å². The molecule has 1 amide bonds. The maximum atomic E-state index is 15.4. The number of carbonyl (C=O) groups is 2. The first-order chi connectivity index (χ1) is 26.1. The van der Waals surface area contributed by atoms with Gasteiger partial charge in [-0.2, -0.15) is 0 Å². The van der Waals surface area contributed by atoms with E-state index in [4.69, 9.17) is 37.4 Å². The first-order valence-corrected chi connectivity index (χ1v) is 19.1. The number of ether oxygens (including phenoxy) is 3. The molecule has 2 N–H and O–H groups in total. The average Bonchev–Trinajstić information content (AvgIpc) is 3.67. The molecule has 2 atom stereocenters. The second-order valence-corrected chi connectivity index (χ2v) is 15.1. The molecule has 2 bridgehead atoms. The van der Waals surface area contributed by atoms with E-state index in [9.17, 15) is 19.9 Å². The van der Waals surface area contributed by atoms with Gasteiger partial charge < -0.3 is 19.3 Å². The van der Waals surface area contributed by atoms with Crippen LogP contribution in [-0.2, 0) is 17.7 Å². The lowest BCUT2D eigenvalue weighted by atomic mass is 9.82. The van der Waals surface area contributed by atoms with E-state index >= 15 is 4.39 Å². The normalized spacial score (nSPS) is 20.0. The van der Waals surface area contributed by atoms with Crippen molar-refractivity contribution in [2.45, 2.75) is 69.6 Å². The summed E-state index contributed by atoms with van der Waals surface area (Å²) < 4.78 is 34.4. The molecule has 4 heterocycles. The van der Waals surface area contributed by atoms with E-state index in [1.165, 1.54) is 35.5 Å². The lowest BCUT2D eigenvalue weighted by molar-refractivity contribution is -0.904. The topological polar surface area (TPSA) is 113 Å². The van der Waals surface area contributed by atoms with Gasteiger partial charge in [-0.05, 0) is 111 Å². The van der Waals surface area contributed by atoms with Crippen LogP contribution in [0.15, 0.2) is 73.1 Å². The monoisotopic (exact) mass is 778 g/mol. The Morgan fingerprint density at radius 1 is 0.981 bits per heavy atom. The fourth-order valence-electron chi connectivity index (χ4n) is 8.07. The molecule has 0 unspecified atom stereocenters. The highest BCUT2D eigenvalue weighted by Crippen LogP contribution is 2.41. The van der Waals surface area contributed by atoms with Gasteiger partial charge >= 0.3 is 12.1 Å². The maximum absolute atomic E-state index is 15.4. The second kappa shape index (κ2) is 16.4. The van der Waals surface area contributed by atoms with Crippen molar-refractivity contribution in [3.63, 3.8) is 0 Å². The van der Waals surface area contributed by atoms with Crippen LogP contribution in [-0.4, -0.2) is 66.2 Å². The van der Waals surface area contributed by atoms with Gasteiger partial charge in [0.15, 0.2) is 11.5 Å². The zero-order chi connectivity index (χ0) is 37.9. The average molecular weight is 780 g/mol. The Bertz CT molecular complexity index is 2000. The van der Waals surface area contributed by atoms with E-state index in [0.29, 0.717) is 40.3 Å². The Morgan fingerprint density at radius 2 is 1.70 bits per heavy atom. The number of anilines is 1. The molecule has 0 radical (unpaired) electrons. The van der Waals surface area contributed by atoms with Crippen molar-refractivity contribution in [1.29, 1.82) is 0 Å². The highest BCUT2D eigenvalue weighted by atomic mass is 35.5. The van der Waals surface area contributed by atoms with E-state index in [-0.39, 0.29) is 52.4 Å². The number of aromatic nitrogens is 1. The summed E-state index contributed by atoms with van der Waals surface area (Å²) >= 11 is 13.3. The summed E-state index contributed by atoms with van der Waals surface area (Å²) in [6, 6.07) is 16.4. The maximum Gasteiger partial charge on any atom is 0.415 e. The van der Waals surface area contributed by atoms with Crippen molar-refractivity contribution in [3.05, 3.63) is 117 Å². The third-order valence-corrected chi connectivity index (χ3v) is 11.6. The second-order valence-electron chi connectivity index (χ2n) is 14.3. The Balaban J connectivity index is 1.30. The summed E-state index contributed by atoms with van der Waals surface area (Å²) in [5, 5.41) is 21.0. The summed E-state index contributed by atoms with van der Waals surface area (Å²) in [6.07, 6.45) is 7.63. The van der Waals surface area contributed by atoms with E-state index in [1.807, 2.05) is 12.1 Å². The molecule has 1 aliphatic carbocycles. The smallest absolute Gasteiger partial charge is 0.415 e. The quantitative estimate of drug-likeness (QED) is 0.109. The first kappa shape index (κ1) is 37.7. The Labute approximate surface area is 323 Å². The predicted molar refractivity (Wildman–Crippen MR) is 201 cm³/mol. The lowest BCUT2D eigenvalue weighted by Gasteiger charge is -2.44. The number of amides is 1. The molecule has 3 aromatic carbocycles.